The summed E-state index contributed by atoms with van der Waals surface area (Å²) in [4.78, 5) is 80.8. The SMILES string of the molecule is CC(C)(C)OC(=O)N1CC(I)C1.CC(C)(C)OC(=O)N1CC(O)C1.CCOC(=O)C1CCN(c2cc(C(F)(F)F)ccc2Br)CC1.CCOC(=O)C1CCN(c2cc(C(F)(F)F)ccc2C2CN(C(=O)OC(C)(C)C)C2)CC1.CCOC(=O)C1CCN(c2cc(C(F)(F)F)ccc2C2CNC2)CC1. The molecule has 3 aromatic rings. The lowest BCUT2D eigenvalue weighted by Gasteiger charge is -2.42. The molecule has 0 aliphatic carbocycles. The van der Waals surface area contributed by atoms with Crippen LogP contribution >= 0.6 is 38.5 Å². The minimum absolute atomic E-state index is 0.0671. The summed E-state index contributed by atoms with van der Waals surface area (Å²) in [6, 6.07) is 11.5. The molecule has 20 nitrogen and oxygen atoms in total. The lowest BCUT2D eigenvalue weighted by atomic mass is 9.88. The number of piperidine rings is 3. The molecule has 0 aromatic heterocycles. The van der Waals surface area contributed by atoms with Crippen LogP contribution < -0.4 is 20.0 Å². The number of likely N-dealkylation sites (tertiary alicyclic amines) is 3. The molecule has 7 fully saturated rings. The number of alkyl halides is 10. The number of aliphatic hydroxyl groups excluding tert-OH is 1. The van der Waals surface area contributed by atoms with Crippen molar-refractivity contribution in [2.75, 3.05) is 126 Å². The van der Waals surface area contributed by atoms with Crippen LogP contribution in [0, 0.1) is 17.8 Å². The van der Waals surface area contributed by atoms with Gasteiger partial charge in [-0.2, -0.15) is 39.5 Å². The Morgan fingerprint density at radius 3 is 1.03 bits per heavy atom. The number of anilines is 3. The number of aliphatic hydroxyl groups is 1. The summed E-state index contributed by atoms with van der Waals surface area (Å²) in [5.41, 5.74) is 0.0255. The van der Waals surface area contributed by atoms with E-state index in [9.17, 15) is 68.3 Å². The standard InChI is InChI=1S/C23H31F3N2O4.C18H23F3N2O2.C15H17BrF3NO2.C8H14INO2.C8H15NO3/c1-5-31-20(29)15-8-10-27(11-9-15)19-12-17(23(24,25)26)6-7-18(19)16-13-28(14-16)21(30)32-22(2,3)4;1-2-25-17(24)12-5-7-23(8-6-12)16-9-14(18(19,20)21)3-4-15(16)13-10-22-11-13;1-2-22-14(21)10-5-7-20(8-6-10)13-9-11(15(17,18)19)3-4-12(13)16;1-8(2,3)12-7(11)10-4-6(9)5-10;1-8(2,3)12-7(11)9-4-6(10)5-9/h6-7,12,15-16H,5,8-11,13-14H2,1-4H3;3-4,9,12-13,22H,2,5-8,10-11H2,1H3;3-4,9-10H,2,5-8H2,1H3;6H,4-5H2,1-3H3;6,10H,4-5H2,1-3H3. The second-order valence-corrected chi connectivity index (χ2v) is 31.8. The molecule has 0 spiro atoms. The number of esters is 3. The van der Waals surface area contributed by atoms with Crippen molar-refractivity contribution in [1.29, 1.82) is 0 Å². The van der Waals surface area contributed by atoms with Gasteiger partial charge in [0.1, 0.15) is 16.8 Å². The van der Waals surface area contributed by atoms with E-state index in [0.29, 0.717) is 149 Å². The van der Waals surface area contributed by atoms with Crippen LogP contribution in [0.5, 0.6) is 0 Å². The number of halogens is 11. The first-order chi connectivity index (χ1) is 47.9. The molecule has 7 aliphatic heterocycles. The Morgan fingerprint density at radius 1 is 0.456 bits per heavy atom. The Morgan fingerprint density at radius 2 is 0.748 bits per heavy atom. The van der Waals surface area contributed by atoms with Crippen LogP contribution in [0.15, 0.2) is 59.1 Å². The molecule has 578 valence electrons. The van der Waals surface area contributed by atoms with Crippen molar-refractivity contribution in [2.45, 2.75) is 179 Å². The van der Waals surface area contributed by atoms with Gasteiger partial charge in [-0.25, -0.2) is 14.4 Å². The van der Waals surface area contributed by atoms with E-state index in [0.717, 1.165) is 55.5 Å². The maximum Gasteiger partial charge on any atom is 0.416 e. The van der Waals surface area contributed by atoms with Crippen molar-refractivity contribution in [3.63, 3.8) is 0 Å². The van der Waals surface area contributed by atoms with Crippen molar-refractivity contribution in [2.24, 2.45) is 17.8 Å². The average molecular weight is 1650 g/mol. The number of β-amino-alcohol motifs (C(OH)–C–C–N with tert-alkyl or cyclic N) is 1. The van der Waals surface area contributed by atoms with E-state index in [1.165, 1.54) is 35.2 Å². The van der Waals surface area contributed by atoms with Gasteiger partial charge in [0.25, 0.3) is 0 Å². The third kappa shape index (κ3) is 26.4. The van der Waals surface area contributed by atoms with Crippen LogP contribution in [0.4, 0.5) is 71.0 Å². The minimum atomic E-state index is -4.45. The first-order valence-corrected chi connectivity index (χ1v) is 36.9. The quantitative estimate of drug-likeness (QED) is 0.0601. The molecule has 3 amide bonds. The van der Waals surface area contributed by atoms with Crippen molar-refractivity contribution >= 4 is 91.8 Å². The van der Waals surface area contributed by atoms with Gasteiger partial charge in [0, 0.05) is 110 Å². The Kier molecular flexibility index (Phi) is 30.7. The summed E-state index contributed by atoms with van der Waals surface area (Å²) >= 11 is 5.63. The van der Waals surface area contributed by atoms with Crippen molar-refractivity contribution in [3.05, 3.63) is 86.9 Å². The molecule has 31 heteroatoms. The van der Waals surface area contributed by atoms with Gasteiger partial charge in [-0.1, -0.05) is 34.7 Å². The Bertz CT molecular complexity index is 3260. The zero-order valence-corrected chi connectivity index (χ0v) is 64.4. The molecule has 0 unspecified atom stereocenters. The van der Waals surface area contributed by atoms with Crippen LogP contribution in [-0.2, 0) is 61.3 Å². The van der Waals surface area contributed by atoms with Crippen molar-refractivity contribution < 1.29 is 102 Å². The Labute approximate surface area is 619 Å². The van der Waals surface area contributed by atoms with Crippen LogP contribution in [0.2, 0.25) is 0 Å². The molecule has 2 N–H and O–H groups in total. The first kappa shape index (κ1) is 85.7. The molecule has 0 saturated carbocycles. The van der Waals surface area contributed by atoms with Gasteiger partial charge in [0.15, 0.2) is 0 Å². The van der Waals surface area contributed by atoms with Gasteiger partial charge in [-0.3, -0.25) is 14.4 Å². The fourth-order valence-electron chi connectivity index (χ4n) is 11.9. The summed E-state index contributed by atoms with van der Waals surface area (Å²) in [6.07, 6.45) is -11.0. The number of nitrogens with one attached hydrogen (secondary N) is 1. The van der Waals surface area contributed by atoms with Crippen molar-refractivity contribution in [1.82, 2.24) is 20.0 Å². The first-order valence-electron chi connectivity index (χ1n) is 34.9. The maximum absolute atomic E-state index is 13.4. The predicted octanol–water partition coefficient (Wildman–Crippen LogP) is 14.9. The Hall–Kier alpha value is -6.22. The van der Waals surface area contributed by atoms with Crippen LogP contribution in [0.25, 0.3) is 0 Å². The molecule has 7 aliphatic rings. The monoisotopic (exact) mass is 1650 g/mol. The molecule has 7 saturated heterocycles. The Balaban J connectivity index is 0.000000212. The van der Waals surface area contributed by atoms with E-state index < -0.39 is 52.5 Å². The minimum Gasteiger partial charge on any atom is -0.466 e. The van der Waals surface area contributed by atoms with Crippen molar-refractivity contribution in [3.8, 4) is 0 Å². The fourth-order valence-corrected chi connectivity index (χ4v) is 13.4. The highest BCUT2D eigenvalue weighted by Gasteiger charge is 2.41. The van der Waals surface area contributed by atoms with E-state index in [4.69, 9.17) is 33.5 Å². The lowest BCUT2D eigenvalue weighted by Crippen LogP contribution is -2.54. The number of amides is 3. The fraction of sp³-hybridized carbons (Fsp3) is 0.667. The molecule has 7 heterocycles. The van der Waals surface area contributed by atoms with E-state index in [1.54, 1.807) is 57.4 Å². The number of benzene rings is 3. The summed E-state index contributed by atoms with van der Waals surface area (Å²) in [6.45, 7) is 30.7. The second kappa shape index (κ2) is 36.9. The molecule has 0 atom stereocenters. The van der Waals surface area contributed by atoms with Gasteiger partial charge in [0.05, 0.1) is 79.1 Å². The summed E-state index contributed by atoms with van der Waals surface area (Å²) < 4.78 is 150. The molecule has 0 bridgehead atoms. The number of hydrogen-bond donors (Lipinski definition) is 2. The molecule has 0 radical (unpaired) electrons. The van der Waals surface area contributed by atoms with Crippen LogP contribution in [-0.4, -0.2) is 194 Å². The van der Waals surface area contributed by atoms with E-state index >= 15 is 0 Å². The third-order valence-corrected chi connectivity index (χ3v) is 19.0. The molecule has 10 rings (SSSR count). The number of carbonyl (C=O) groups is 6. The molecule has 3 aromatic carbocycles. The topological polar surface area (TPSA) is 210 Å². The normalized spacial score (nSPS) is 18.4. The highest BCUT2D eigenvalue weighted by Crippen LogP contribution is 2.43. The summed E-state index contributed by atoms with van der Waals surface area (Å²) in [7, 11) is 0. The second-order valence-electron chi connectivity index (χ2n) is 29.2. The lowest BCUT2D eigenvalue weighted by molar-refractivity contribution is -0.149. The number of hydrogen-bond acceptors (Lipinski definition) is 17. The number of nitrogens with zero attached hydrogens (tertiary/aromatic N) is 6. The van der Waals surface area contributed by atoms with Gasteiger partial charge >= 0.3 is 54.7 Å². The number of carbonyl (C=O) groups excluding carboxylic acids is 6. The maximum atomic E-state index is 13.4. The summed E-state index contributed by atoms with van der Waals surface area (Å²) in [5.74, 6) is -1.03. The zero-order valence-electron chi connectivity index (χ0n) is 60.7. The van der Waals surface area contributed by atoms with Gasteiger partial charge < -0.3 is 68.2 Å². The van der Waals surface area contributed by atoms with Gasteiger partial charge in [-0.15, -0.1) is 0 Å². The molecular formula is C72H100BrF9IN7O13. The number of rotatable bonds is 11. The average Bonchev–Trinajstić information content (AvgIpc) is 0.769. The van der Waals surface area contributed by atoms with Crippen LogP contribution in [0.3, 0.4) is 0 Å². The number of ether oxygens (including phenoxy) is 6. The highest BCUT2D eigenvalue weighted by atomic mass is 127. The third-order valence-electron chi connectivity index (χ3n) is 17.6. The summed E-state index contributed by atoms with van der Waals surface area (Å²) in [5, 5.41) is 12.1. The largest absolute Gasteiger partial charge is 0.466 e. The predicted molar refractivity (Wildman–Crippen MR) is 382 cm³/mol. The van der Waals surface area contributed by atoms with E-state index in [2.05, 4.69) is 43.8 Å². The molecular weight excluding hydrogens is 1550 g/mol. The van der Waals surface area contributed by atoms with E-state index in [-0.39, 0.29) is 71.4 Å². The van der Waals surface area contributed by atoms with Gasteiger partial charge in [0.2, 0.25) is 0 Å². The molecule has 103 heavy (non-hydrogen) atoms. The van der Waals surface area contributed by atoms with Crippen LogP contribution in [0.1, 0.15) is 161 Å². The van der Waals surface area contributed by atoms with Gasteiger partial charge in [-0.05, 0) is 191 Å². The smallest absolute Gasteiger partial charge is 0.416 e. The zero-order chi connectivity index (χ0) is 76.7. The highest BCUT2D eigenvalue weighted by molar-refractivity contribution is 14.1. The van der Waals surface area contributed by atoms with E-state index in [1.807, 2.05) is 56.2 Å².